The molecule has 0 saturated heterocycles. The number of aliphatic hydroxyl groups excluding tert-OH is 1. The van der Waals surface area contributed by atoms with Gasteiger partial charge in [-0.3, -0.25) is 0 Å². The molecule has 0 heterocycles. The van der Waals surface area contributed by atoms with E-state index in [2.05, 4.69) is 32.9 Å². The van der Waals surface area contributed by atoms with Gasteiger partial charge < -0.3 is 5.11 Å². The van der Waals surface area contributed by atoms with E-state index in [4.69, 9.17) is 0 Å². The molecule has 2 saturated carbocycles. The first-order valence-electron chi connectivity index (χ1n) is 7.94. The van der Waals surface area contributed by atoms with Crippen LogP contribution in [-0.2, 0) is 0 Å². The fraction of sp³-hybridized carbons (Fsp3) is 0.882. The molecule has 104 valence electrons. The minimum atomic E-state index is -0.0272. The Labute approximate surface area is 113 Å². The Morgan fingerprint density at radius 1 is 1.33 bits per heavy atom. The maximum atomic E-state index is 10.2. The number of unbranched alkanes of at least 4 members (excludes halogenated alkanes) is 1. The van der Waals surface area contributed by atoms with Crippen molar-refractivity contribution in [3.63, 3.8) is 0 Å². The lowest BCUT2D eigenvalue weighted by Gasteiger charge is -2.44. The van der Waals surface area contributed by atoms with Crippen LogP contribution in [0.15, 0.2) is 12.2 Å². The maximum Gasteiger partial charge on any atom is 0.0573 e. The van der Waals surface area contributed by atoms with Crippen molar-refractivity contribution in [2.24, 2.45) is 23.2 Å². The summed E-state index contributed by atoms with van der Waals surface area (Å²) in [6.07, 6.45) is 13.4. The van der Waals surface area contributed by atoms with Gasteiger partial charge in [0.1, 0.15) is 0 Å². The molecule has 0 spiro atoms. The zero-order chi connectivity index (χ0) is 13.2. The number of hydrogen-bond donors (Lipinski definition) is 1. The Balaban J connectivity index is 2.05. The second-order valence-electron chi connectivity index (χ2n) is 6.83. The highest BCUT2D eigenvalue weighted by atomic mass is 16.3. The monoisotopic (exact) mass is 250 g/mol. The van der Waals surface area contributed by atoms with Gasteiger partial charge in [0.15, 0.2) is 0 Å². The van der Waals surface area contributed by atoms with E-state index in [-0.39, 0.29) is 6.10 Å². The summed E-state index contributed by atoms with van der Waals surface area (Å²) in [5.41, 5.74) is 0.396. The molecule has 0 amide bonds. The highest BCUT2D eigenvalue weighted by Crippen LogP contribution is 2.57. The first-order chi connectivity index (χ1) is 8.59. The van der Waals surface area contributed by atoms with Crippen molar-refractivity contribution in [3.8, 4) is 0 Å². The Morgan fingerprint density at radius 3 is 2.83 bits per heavy atom. The van der Waals surface area contributed by atoms with Crippen LogP contribution in [0.5, 0.6) is 0 Å². The molecule has 2 aliphatic rings. The van der Waals surface area contributed by atoms with Crippen LogP contribution in [0.25, 0.3) is 0 Å². The fourth-order valence-corrected chi connectivity index (χ4v) is 4.66. The molecule has 18 heavy (non-hydrogen) atoms. The molecule has 2 unspecified atom stereocenters. The summed E-state index contributed by atoms with van der Waals surface area (Å²) in [4.78, 5) is 0. The van der Waals surface area contributed by atoms with Crippen molar-refractivity contribution in [1.29, 1.82) is 0 Å². The van der Waals surface area contributed by atoms with Gasteiger partial charge in [-0.1, -0.05) is 45.8 Å². The summed E-state index contributed by atoms with van der Waals surface area (Å²) in [6, 6.07) is 0. The van der Waals surface area contributed by atoms with Crippen LogP contribution in [0.4, 0.5) is 0 Å². The summed E-state index contributed by atoms with van der Waals surface area (Å²) >= 11 is 0. The quantitative estimate of drug-likeness (QED) is 0.725. The van der Waals surface area contributed by atoms with E-state index in [1.54, 1.807) is 0 Å². The SMILES string of the molecule is CCC/C=C/[C@@H](C)C1CCC2[C@@H](O)CCC[C@]12C. The molecule has 2 aliphatic carbocycles. The second kappa shape index (κ2) is 5.77. The summed E-state index contributed by atoms with van der Waals surface area (Å²) in [7, 11) is 0. The van der Waals surface area contributed by atoms with Gasteiger partial charge in [0, 0.05) is 0 Å². The van der Waals surface area contributed by atoms with E-state index in [1.165, 1.54) is 38.5 Å². The number of fused-ring (bicyclic) bond motifs is 1. The molecule has 0 aromatic heterocycles. The molecule has 0 aliphatic heterocycles. The van der Waals surface area contributed by atoms with Gasteiger partial charge in [0.25, 0.3) is 0 Å². The molecular formula is C17H30O. The average molecular weight is 250 g/mol. The van der Waals surface area contributed by atoms with Crippen molar-refractivity contribution >= 4 is 0 Å². The molecule has 1 heteroatoms. The molecule has 1 nitrogen and oxygen atoms in total. The van der Waals surface area contributed by atoms with Gasteiger partial charge in [-0.15, -0.1) is 0 Å². The lowest BCUT2D eigenvalue weighted by Crippen LogP contribution is -2.41. The lowest BCUT2D eigenvalue weighted by atomic mass is 9.62. The fourth-order valence-electron chi connectivity index (χ4n) is 4.66. The van der Waals surface area contributed by atoms with E-state index in [1.807, 2.05) is 0 Å². The van der Waals surface area contributed by atoms with Crippen LogP contribution in [0.1, 0.15) is 65.7 Å². The van der Waals surface area contributed by atoms with Crippen molar-refractivity contribution in [2.75, 3.05) is 0 Å². The predicted molar refractivity (Wildman–Crippen MR) is 77.4 cm³/mol. The lowest BCUT2D eigenvalue weighted by molar-refractivity contribution is -0.0231. The summed E-state index contributed by atoms with van der Waals surface area (Å²) < 4.78 is 0. The van der Waals surface area contributed by atoms with Gasteiger partial charge in [0.2, 0.25) is 0 Å². The van der Waals surface area contributed by atoms with E-state index >= 15 is 0 Å². The van der Waals surface area contributed by atoms with E-state index in [0.717, 1.165) is 12.3 Å². The minimum Gasteiger partial charge on any atom is -0.393 e. The maximum absolute atomic E-state index is 10.2. The van der Waals surface area contributed by atoms with Crippen LogP contribution < -0.4 is 0 Å². The predicted octanol–water partition coefficient (Wildman–Crippen LogP) is 4.56. The van der Waals surface area contributed by atoms with Gasteiger partial charge in [-0.2, -0.15) is 0 Å². The van der Waals surface area contributed by atoms with Crippen LogP contribution >= 0.6 is 0 Å². The number of rotatable bonds is 4. The third-order valence-electron chi connectivity index (χ3n) is 5.69. The standard InChI is InChI=1S/C17H30O/c1-4-5-6-8-13(2)14-10-11-15-16(18)9-7-12-17(14,15)3/h6,8,13-16,18H,4-5,7,9-12H2,1-3H3/b8-6+/t13-,14?,15?,16+,17-/m1/s1. The Hall–Kier alpha value is -0.300. The van der Waals surface area contributed by atoms with Crippen LogP contribution in [0, 0.1) is 23.2 Å². The largest absolute Gasteiger partial charge is 0.393 e. The molecule has 0 radical (unpaired) electrons. The van der Waals surface area contributed by atoms with Gasteiger partial charge in [-0.25, -0.2) is 0 Å². The molecule has 2 fully saturated rings. The molecule has 5 atom stereocenters. The van der Waals surface area contributed by atoms with Gasteiger partial charge >= 0.3 is 0 Å². The molecular weight excluding hydrogens is 220 g/mol. The van der Waals surface area contributed by atoms with E-state index in [0.29, 0.717) is 17.3 Å². The number of hydrogen-bond acceptors (Lipinski definition) is 1. The number of allylic oxidation sites excluding steroid dienone is 2. The average Bonchev–Trinajstić information content (AvgIpc) is 2.68. The summed E-state index contributed by atoms with van der Waals surface area (Å²) in [5, 5.41) is 10.2. The Bertz CT molecular complexity index is 296. The van der Waals surface area contributed by atoms with Crippen LogP contribution in [0.3, 0.4) is 0 Å². The number of aliphatic hydroxyl groups is 1. The molecule has 2 rings (SSSR count). The molecule has 1 N–H and O–H groups in total. The van der Waals surface area contributed by atoms with Gasteiger partial charge in [0.05, 0.1) is 6.10 Å². The van der Waals surface area contributed by atoms with E-state index < -0.39 is 0 Å². The zero-order valence-electron chi connectivity index (χ0n) is 12.4. The molecule has 0 bridgehead atoms. The molecule has 0 aromatic carbocycles. The van der Waals surface area contributed by atoms with Crippen molar-refractivity contribution in [2.45, 2.75) is 71.8 Å². The van der Waals surface area contributed by atoms with E-state index in [9.17, 15) is 5.11 Å². The van der Waals surface area contributed by atoms with Gasteiger partial charge in [-0.05, 0) is 55.3 Å². The first kappa shape index (κ1) is 14.1. The van der Waals surface area contributed by atoms with Crippen molar-refractivity contribution < 1.29 is 5.11 Å². The minimum absolute atomic E-state index is 0.0272. The normalized spacial score (nSPS) is 42.1. The third kappa shape index (κ3) is 2.52. The topological polar surface area (TPSA) is 20.2 Å². The second-order valence-corrected chi connectivity index (χ2v) is 6.83. The van der Waals surface area contributed by atoms with Crippen molar-refractivity contribution in [1.82, 2.24) is 0 Å². The smallest absolute Gasteiger partial charge is 0.0573 e. The molecule has 0 aromatic rings. The Morgan fingerprint density at radius 2 is 2.11 bits per heavy atom. The van der Waals surface area contributed by atoms with Crippen LogP contribution in [0.2, 0.25) is 0 Å². The summed E-state index contributed by atoms with van der Waals surface area (Å²) in [5.74, 6) is 2.03. The zero-order valence-corrected chi connectivity index (χ0v) is 12.4. The van der Waals surface area contributed by atoms with Crippen LogP contribution in [-0.4, -0.2) is 11.2 Å². The highest BCUT2D eigenvalue weighted by Gasteiger charge is 2.51. The highest BCUT2D eigenvalue weighted by molar-refractivity contribution is 5.05. The first-order valence-corrected chi connectivity index (χ1v) is 7.94. The Kier molecular flexibility index (Phi) is 4.53. The van der Waals surface area contributed by atoms with Crippen molar-refractivity contribution in [3.05, 3.63) is 12.2 Å². The third-order valence-corrected chi connectivity index (χ3v) is 5.69. The summed E-state index contributed by atoms with van der Waals surface area (Å²) in [6.45, 7) is 7.06.